The molecule has 0 spiro atoms. The van der Waals surface area contributed by atoms with Gasteiger partial charge in [0.2, 0.25) is 5.96 Å². The first-order valence-corrected chi connectivity index (χ1v) is 6.34. The van der Waals surface area contributed by atoms with Gasteiger partial charge in [-0.25, -0.2) is 9.79 Å². The molecule has 0 aromatic heterocycles. The average molecular weight is 297 g/mol. The fraction of sp³-hybridized carbons (Fsp3) is 0. The quantitative estimate of drug-likeness (QED) is 0.499. The van der Waals surface area contributed by atoms with Gasteiger partial charge in [-0.05, 0) is 17.7 Å². The molecule has 0 radical (unpaired) electrons. The van der Waals surface area contributed by atoms with Crippen LogP contribution in [-0.2, 0) is 0 Å². The normalized spacial score (nSPS) is 11.0. The van der Waals surface area contributed by atoms with Gasteiger partial charge in [-0.1, -0.05) is 36.4 Å². The molecule has 0 saturated carbocycles. The van der Waals surface area contributed by atoms with Crippen LogP contribution in [0.15, 0.2) is 58.5 Å². The fourth-order valence-electron chi connectivity index (χ4n) is 2.00. The lowest BCUT2D eigenvalue weighted by molar-refractivity contribution is 0.0697. The Hall–Kier alpha value is -3.35. The second kappa shape index (κ2) is 6.40. The van der Waals surface area contributed by atoms with Crippen molar-refractivity contribution >= 4 is 23.6 Å². The summed E-state index contributed by atoms with van der Waals surface area (Å²) in [6.07, 6.45) is 0. The van der Waals surface area contributed by atoms with Crippen molar-refractivity contribution in [2.45, 2.75) is 0 Å². The molecule has 7 N–H and O–H groups in total. The third-order valence-corrected chi connectivity index (χ3v) is 2.81. The van der Waals surface area contributed by atoms with Crippen molar-refractivity contribution in [3.63, 3.8) is 0 Å². The number of rotatable bonds is 3. The maximum Gasteiger partial charge on any atom is 0.336 e. The van der Waals surface area contributed by atoms with Crippen molar-refractivity contribution < 1.29 is 9.90 Å². The lowest BCUT2D eigenvalue weighted by Gasteiger charge is -2.10. The van der Waals surface area contributed by atoms with Gasteiger partial charge < -0.3 is 22.3 Å². The summed E-state index contributed by atoms with van der Waals surface area (Å²) in [4.78, 5) is 19.2. The Balaban J connectivity index is 2.68. The van der Waals surface area contributed by atoms with E-state index in [1.54, 1.807) is 36.4 Å². The van der Waals surface area contributed by atoms with E-state index in [1.165, 1.54) is 6.07 Å². The Kier molecular flexibility index (Phi) is 4.38. The van der Waals surface area contributed by atoms with Gasteiger partial charge in [0.05, 0.1) is 11.3 Å². The molecule has 7 nitrogen and oxygen atoms in total. The number of carboxylic acids is 1. The summed E-state index contributed by atoms with van der Waals surface area (Å²) in [5.41, 5.74) is 17.8. The highest BCUT2D eigenvalue weighted by atomic mass is 16.4. The smallest absolute Gasteiger partial charge is 0.336 e. The molecule has 7 heteroatoms. The van der Waals surface area contributed by atoms with Crippen molar-refractivity contribution in [1.29, 1.82) is 0 Å². The molecule has 22 heavy (non-hydrogen) atoms. The fourth-order valence-corrected chi connectivity index (χ4v) is 2.00. The molecule has 0 aliphatic heterocycles. The van der Waals surface area contributed by atoms with Crippen LogP contribution in [0.25, 0.3) is 11.1 Å². The summed E-state index contributed by atoms with van der Waals surface area (Å²) < 4.78 is 0. The van der Waals surface area contributed by atoms with Crippen LogP contribution >= 0.6 is 0 Å². The van der Waals surface area contributed by atoms with E-state index in [1.807, 2.05) is 6.07 Å². The van der Waals surface area contributed by atoms with E-state index < -0.39 is 5.97 Å². The maximum absolute atomic E-state index is 11.5. The Morgan fingerprint density at radius 3 is 2.23 bits per heavy atom. The van der Waals surface area contributed by atoms with Gasteiger partial charge in [0.15, 0.2) is 5.96 Å². The molecule has 0 amide bonds. The first-order valence-electron chi connectivity index (χ1n) is 6.34. The molecule has 0 aliphatic rings. The summed E-state index contributed by atoms with van der Waals surface area (Å²) in [6.45, 7) is 0. The maximum atomic E-state index is 11.5. The zero-order chi connectivity index (χ0) is 16.1. The monoisotopic (exact) mass is 297 g/mol. The predicted octanol–water partition coefficient (Wildman–Crippen LogP) is 1.27. The number of benzene rings is 2. The largest absolute Gasteiger partial charge is 0.478 e. The van der Waals surface area contributed by atoms with Crippen LogP contribution in [0.1, 0.15) is 10.4 Å². The molecule has 0 saturated heterocycles. The van der Waals surface area contributed by atoms with Gasteiger partial charge in [0, 0.05) is 5.56 Å². The summed E-state index contributed by atoms with van der Waals surface area (Å²) >= 11 is 0. The van der Waals surface area contributed by atoms with Crippen LogP contribution in [0.2, 0.25) is 0 Å². The van der Waals surface area contributed by atoms with Gasteiger partial charge in [-0.3, -0.25) is 0 Å². The van der Waals surface area contributed by atoms with Gasteiger partial charge in [0.25, 0.3) is 0 Å². The topological polar surface area (TPSA) is 140 Å². The first kappa shape index (κ1) is 15.0. The van der Waals surface area contributed by atoms with Crippen molar-refractivity contribution in [1.82, 2.24) is 0 Å². The van der Waals surface area contributed by atoms with Crippen LogP contribution in [0.5, 0.6) is 0 Å². The number of hydrogen-bond donors (Lipinski definition) is 4. The molecule has 0 fully saturated rings. The Morgan fingerprint density at radius 2 is 1.64 bits per heavy atom. The molecule has 2 aromatic carbocycles. The minimum atomic E-state index is -1.06. The molecular formula is C15H15N5O2. The number of carbonyl (C=O) groups is 1. The Labute approximate surface area is 126 Å². The number of carboxylic acid groups (broad SMARTS) is 1. The Bertz CT molecular complexity index is 750. The highest BCUT2D eigenvalue weighted by molar-refractivity contribution is 6.01. The van der Waals surface area contributed by atoms with Gasteiger partial charge >= 0.3 is 5.97 Å². The van der Waals surface area contributed by atoms with Crippen LogP contribution in [0.3, 0.4) is 0 Å². The van der Waals surface area contributed by atoms with Crippen LogP contribution in [0, 0.1) is 0 Å². The SMILES string of the molecule is NC(N)=NC(N)=Nc1cccc(C(=O)O)c1-c1ccccc1. The van der Waals surface area contributed by atoms with Crippen LogP contribution in [-0.4, -0.2) is 23.0 Å². The van der Waals surface area contributed by atoms with E-state index in [4.69, 9.17) is 17.2 Å². The minimum absolute atomic E-state index is 0.116. The van der Waals surface area contributed by atoms with Crippen molar-refractivity contribution in [3.8, 4) is 11.1 Å². The standard InChI is InChI=1S/C15H15N5O2/c16-14(17)20-15(18)19-11-8-4-7-10(13(21)22)12(11)9-5-2-1-3-6-9/h1-8H,(H,21,22)(H6,16,17,18,19,20). The average Bonchev–Trinajstić information content (AvgIpc) is 2.47. The number of aromatic carboxylic acids is 1. The van der Waals surface area contributed by atoms with Crippen LogP contribution < -0.4 is 17.2 Å². The molecule has 0 aliphatic carbocycles. The van der Waals surface area contributed by atoms with E-state index in [-0.39, 0.29) is 17.5 Å². The lowest BCUT2D eigenvalue weighted by atomic mass is 9.98. The summed E-state index contributed by atoms with van der Waals surface area (Å²) in [7, 11) is 0. The molecule has 2 aromatic rings. The Morgan fingerprint density at radius 1 is 0.955 bits per heavy atom. The molecule has 0 atom stereocenters. The highest BCUT2D eigenvalue weighted by Gasteiger charge is 2.15. The first-order chi connectivity index (χ1) is 10.5. The highest BCUT2D eigenvalue weighted by Crippen LogP contribution is 2.33. The van der Waals surface area contributed by atoms with E-state index in [9.17, 15) is 9.90 Å². The third-order valence-electron chi connectivity index (χ3n) is 2.81. The van der Waals surface area contributed by atoms with E-state index >= 15 is 0 Å². The van der Waals surface area contributed by atoms with E-state index in [0.717, 1.165) is 0 Å². The third kappa shape index (κ3) is 3.40. The summed E-state index contributed by atoms with van der Waals surface area (Å²) in [6, 6.07) is 13.8. The second-order valence-electron chi connectivity index (χ2n) is 4.38. The van der Waals surface area contributed by atoms with Crippen molar-refractivity contribution in [3.05, 3.63) is 54.1 Å². The number of nitrogens with zero attached hydrogens (tertiary/aromatic N) is 2. The molecular weight excluding hydrogens is 282 g/mol. The molecule has 0 heterocycles. The second-order valence-corrected chi connectivity index (χ2v) is 4.38. The number of nitrogens with two attached hydrogens (primary N) is 3. The van der Waals surface area contributed by atoms with Crippen molar-refractivity contribution in [2.24, 2.45) is 27.2 Å². The molecule has 2 rings (SSSR count). The molecule has 112 valence electrons. The van der Waals surface area contributed by atoms with Gasteiger partial charge in [-0.15, -0.1) is 0 Å². The lowest BCUT2D eigenvalue weighted by Crippen LogP contribution is -2.26. The number of hydrogen-bond acceptors (Lipinski definition) is 2. The summed E-state index contributed by atoms with van der Waals surface area (Å²) in [5, 5.41) is 9.38. The van der Waals surface area contributed by atoms with Crippen LogP contribution in [0.4, 0.5) is 5.69 Å². The zero-order valence-corrected chi connectivity index (χ0v) is 11.6. The molecule has 0 bridgehead atoms. The van der Waals surface area contributed by atoms with E-state index in [2.05, 4.69) is 9.98 Å². The molecule has 0 unspecified atom stereocenters. The van der Waals surface area contributed by atoms with Gasteiger partial charge in [-0.2, -0.15) is 4.99 Å². The minimum Gasteiger partial charge on any atom is -0.478 e. The number of aliphatic imine (C=N–C) groups is 2. The van der Waals surface area contributed by atoms with Gasteiger partial charge in [0.1, 0.15) is 0 Å². The predicted molar refractivity (Wildman–Crippen MR) is 85.9 cm³/mol. The zero-order valence-electron chi connectivity index (χ0n) is 11.6. The van der Waals surface area contributed by atoms with Crippen molar-refractivity contribution in [2.75, 3.05) is 0 Å². The number of guanidine groups is 2. The summed E-state index contributed by atoms with van der Waals surface area (Å²) in [5.74, 6) is -1.44. The van der Waals surface area contributed by atoms with E-state index in [0.29, 0.717) is 16.8 Å².